The Hall–Kier alpha value is -0.910. The molecule has 0 fully saturated rings. The van der Waals surface area contributed by atoms with Crippen molar-refractivity contribution in [1.29, 1.82) is 0 Å². The van der Waals surface area contributed by atoms with Crippen LogP contribution in [0.3, 0.4) is 0 Å². The van der Waals surface area contributed by atoms with E-state index in [2.05, 4.69) is 5.32 Å². The van der Waals surface area contributed by atoms with Gasteiger partial charge in [-0.25, -0.2) is 8.42 Å². The van der Waals surface area contributed by atoms with Crippen molar-refractivity contribution in [2.24, 2.45) is 0 Å². The quantitative estimate of drug-likeness (QED) is 0.747. The highest BCUT2D eigenvalue weighted by molar-refractivity contribution is 7.91. The Morgan fingerprint density at radius 3 is 2.68 bits per heavy atom. The second kappa shape index (κ2) is 6.50. The summed E-state index contributed by atoms with van der Waals surface area (Å²) >= 11 is 0. The normalized spacial score (nSPS) is 20.4. The molecule has 0 aliphatic carbocycles. The van der Waals surface area contributed by atoms with Crippen LogP contribution in [0.4, 0.5) is 0 Å². The first-order valence-electron chi connectivity index (χ1n) is 6.81. The van der Waals surface area contributed by atoms with Crippen LogP contribution in [0.15, 0.2) is 29.2 Å². The Kier molecular flexibility index (Phi) is 4.96. The fraction of sp³-hybridized carbons (Fsp3) is 0.571. The number of hydrogen-bond donors (Lipinski definition) is 2. The van der Waals surface area contributed by atoms with E-state index < -0.39 is 9.84 Å². The van der Waals surface area contributed by atoms with Gasteiger partial charge in [0.2, 0.25) is 0 Å². The molecule has 2 rings (SSSR count). The molecule has 4 nitrogen and oxygen atoms in total. The minimum atomic E-state index is -3.10. The summed E-state index contributed by atoms with van der Waals surface area (Å²) in [5, 5.41) is 12.0. The minimum Gasteiger partial charge on any atom is -0.396 e. The Balaban J connectivity index is 1.86. The Bertz CT molecular complexity index is 513. The monoisotopic (exact) mass is 283 g/mol. The van der Waals surface area contributed by atoms with Gasteiger partial charge in [0.1, 0.15) is 0 Å². The molecule has 0 bridgehead atoms. The molecule has 0 saturated heterocycles. The first-order valence-corrected chi connectivity index (χ1v) is 8.46. The first kappa shape index (κ1) is 14.5. The Morgan fingerprint density at radius 2 is 1.89 bits per heavy atom. The van der Waals surface area contributed by atoms with E-state index in [0.717, 1.165) is 37.8 Å². The molecular weight excluding hydrogens is 262 g/mol. The number of unbranched alkanes of at least 4 members (excludes halogenated alkanes) is 3. The lowest BCUT2D eigenvalue weighted by Gasteiger charge is -2.12. The van der Waals surface area contributed by atoms with Gasteiger partial charge >= 0.3 is 0 Å². The summed E-state index contributed by atoms with van der Waals surface area (Å²) in [5.41, 5.74) is 0.901. The molecule has 2 N–H and O–H groups in total. The number of hydrogen-bond acceptors (Lipinski definition) is 4. The summed E-state index contributed by atoms with van der Waals surface area (Å²) in [6.45, 7) is 1.07. The third kappa shape index (κ3) is 3.55. The fourth-order valence-corrected chi connectivity index (χ4v) is 4.26. The van der Waals surface area contributed by atoms with Gasteiger partial charge in [-0.05, 0) is 31.0 Å². The molecule has 1 aromatic rings. The van der Waals surface area contributed by atoms with Crippen LogP contribution >= 0.6 is 0 Å². The summed E-state index contributed by atoms with van der Waals surface area (Å²) in [7, 11) is -3.10. The fourth-order valence-electron chi connectivity index (χ4n) is 2.49. The van der Waals surface area contributed by atoms with Gasteiger partial charge in [0.05, 0.1) is 10.6 Å². The minimum absolute atomic E-state index is 0.0703. The lowest BCUT2D eigenvalue weighted by molar-refractivity contribution is 0.282. The van der Waals surface area contributed by atoms with Crippen LogP contribution in [0.25, 0.3) is 0 Å². The van der Waals surface area contributed by atoms with Gasteiger partial charge in [-0.15, -0.1) is 0 Å². The van der Waals surface area contributed by atoms with E-state index in [1.54, 1.807) is 12.1 Å². The first-order chi connectivity index (χ1) is 9.15. The number of rotatable bonds is 7. The van der Waals surface area contributed by atoms with Gasteiger partial charge in [0, 0.05) is 12.6 Å². The van der Waals surface area contributed by atoms with Crippen LogP contribution in [-0.2, 0) is 9.84 Å². The van der Waals surface area contributed by atoms with E-state index in [-0.39, 0.29) is 18.4 Å². The Labute approximate surface area is 114 Å². The third-order valence-corrected chi connectivity index (χ3v) is 5.31. The van der Waals surface area contributed by atoms with Crippen molar-refractivity contribution in [3.63, 3.8) is 0 Å². The number of fused-ring (bicyclic) bond motifs is 1. The summed E-state index contributed by atoms with van der Waals surface area (Å²) in [4.78, 5) is 0.479. The maximum Gasteiger partial charge on any atom is 0.180 e. The standard InChI is InChI=1S/C14H21NO3S/c16-10-6-2-1-5-9-15-13-11-19(17,18)14-8-4-3-7-12(13)14/h3-4,7-8,13,15-16H,1-2,5-6,9-11H2. The topological polar surface area (TPSA) is 66.4 Å². The van der Waals surface area contributed by atoms with Crippen molar-refractivity contribution in [2.75, 3.05) is 18.9 Å². The van der Waals surface area contributed by atoms with E-state index in [9.17, 15) is 8.42 Å². The molecule has 1 unspecified atom stereocenters. The van der Waals surface area contributed by atoms with Crippen LogP contribution in [0, 0.1) is 0 Å². The lowest BCUT2D eigenvalue weighted by Crippen LogP contribution is -2.23. The highest BCUT2D eigenvalue weighted by atomic mass is 32.2. The van der Waals surface area contributed by atoms with Crippen molar-refractivity contribution in [3.05, 3.63) is 29.8 Å². The van der Waals surface area contributed by atoms with Gasteiger partial charge in [0.25, 0.3) is 0 Å². The van der Waals surface area contributed by atoms with Gasteiger partial charge in [-0.1, -0.05) is 31.0 Å². The average molecular weight is 283 g/mol. The second-order valence-corrected chi connectivity index (χ2v) is 6.97. The smallest absolute Gasteiger partial charge is 0.180 e. The van der Waals surface area contributed by atoms with Crippen molar-refractivity contribution < 1.29 is 13.5 Å². The molecule has 0 aromatic heterocycles. The Morgan fingerprint density at radius 1 is 1.16 bits per heavy atom. The molecule has 5 heteroatoms. The summed E-state index contributed by atoms with van der Waals surface area (Å²) < 4.78 is 23.9. The number of nitrogens with one attached hydrogen (secondary N) is 1. The maximum atomic E-state index is 12.0. The predicted molar refractivity (Wildman–Crippen MR) is 74.8 cm³/mol. The molecule has 19 heavy (non-hydrogen) atoms. The second-order valence-electron chi connectivity index (χ2n) is 4.96. The lowest BCUT2D eigenvalue weighted by atomic mass is 10.1. The zero-order valence-electron chi connectivity index (χ0n) is 11.0. The zero-order valence-corrected chi connectivity index (χ0v) is 11.8. The van der Waals surface area contributed by atoms with Crippen molar-refractivity contribution >= 4 is 9.84 Å². The molecule has 0 spiro atoms. The average Bonchev–Trinajstić information content (AvgIpc) is 2.66. The van der Waals surface area contributed by atoms with Gasteiger partial charge < -0.3 is 10.4 Å². The maximum absolute atomic E-state index is 12.0. The highest BCUT2D eigenvalue weighted by Crippen LogP contribution is 2.32. The van der Waals surface area contributed by atoms with Crippen LogP contribution < -0.4 is 5.32 Å². The van der Waals surface area contributed by atoms with E-state index in [4.69, 9.17) is 5.11 Å². The number of aliphatic hydroxyl groups excluding tert-OH is 1. The van der Waals surface area contributed by atoms with E-state index in [0.29, 0.717) is 4.90 Å². The van der Waals surface area contributed by atoms with E-state index in [1.165, 1.54) is 0 Å². The van der Waals surface area contributed by atoms with E-state index >= 15 is 0 Å². The number of sulfone groups is 1. The zero-order chi connectivity index (χ0) is 13.7. The van der Waals surface area contributed by atoms with Crippen molar-refractivity contribution in [3.8, 4) is 0 Å². The molecular formula is C14H21NO3S. The van der Waals surface area contributed by atoms with Crippen LogP contribution in [0.5, 0.6) is 0 Å². The molecule has 1 aliphatic heterocycles. The molecule has 1 heterocycles. The number of benzene rings is 1. The predicted octanol–water partition coefficient (Wildman–Crippen LogP) is 1.66. The highest BCUT2D eigenvalue weighted by Gasteiger charge is 2.33. The molecule has 106 valence electrons. The van der Waals surface area contributed by atoms with Gasteiger partial charge in [0.15, 0.2) is 9.84 Å². The van der Waals surface area contributed by atoms with Gasteiger partial charge in [-0.2, -0.15) is 0 Å². The largest absolute Gasteiger partial charge is 0.396 e. The summed E-state index contributed by atoms with van der Waals surface area (Å²) in [6.07, 6.45) is 3.95. The van der Waals surface area contributed by atoms with Crippen molar-refractivity contribution in [2.45, 2.75) is 36.6 Å². The van der Waals surface area contributed by atoms with Crippen molar-refractivity contribution in [1.82, 2.24) is 5.32 Å². The SMILES string of the molecule is O=S1(=O)CC(NCCCCCCO)c2ccccc21. The molecule has 1 aromatic carbocycles. The third-order valence-electron chi connectivity index (χ3n) is 3.49. The summed E-state index contributed by atoms with van der Waals surface area (Å²) in [5.74, 6) is 0.170. The van der Waals surface area contributed by atoms with Crippen LogP contribution in [0.1, 0.15) is 37.3 Å². The molecule has 0 amide bonds. The van der Waals surface area contributed by atoms with E-state index in [1.807, 2.05) is 12.1 Å². The molecule has 0 radical (unpaired) electrons. The summed E-state index contributed by atoms with van der Waals surface area (Å²) in [6, 6.07) is 7.17. The number of aliphatic hydroxyl groups is 1. The van der Waals surface area contributed by atoms with Crippen LogP contribution in [0.2, 0.25) is 0 Å². The van der Waals surface area contributed by atoms with Gasteiger partial charge in [-0.3, -0.25) is 0 Å². The molecule has 1 aliphatic rings. The van der Waals surface area contributed by atoms with Crippen LogP contribution in [-0.4, -0.2) is 32.4 Å². The molecule has 1 atom stereocenters. The molecule has 0 saturated carbocycles.